The minimum absolute atomic E-state index is 0.00990. The average Bonchev–Trinajstić information content (AvgIpc) is 3.36. The molecule has 2 N–H and O–H groups in total. The molecule has 3 fully saturated rings. The molecule has 0 spiro atoms. The number of allylic oxidation sites excluding steroid dienone is 4. The first-order chi connectivity index (χ1) is 35.0. The average molecular weight is 1090 g/mol. The normalized spacial score (nSPS) is 36.0. The summed E-state index contributed by atoms with van der Waals surface area (Å²) in [6.07, 6.45) is 8.96. The summed E-state index contributed by atoms with van der Waals surface area (Å²) in [5.41, 5.74) is 1.13. The molecule has 75 heavy (non-hydrogen) atoms. The van der Waals surface area contributed by atoms with E-state index in [1.807, 2.05) is 46.0 Å². The first kappa shape index (κ1) is 65.1. The standard InChI is InChI=1S/C59H103NO13Si2/c1-19-24-29-57(72-75(21-3,22-4)23-5)30-28-44(37-50(57)69-16)35-41(8)51-43(10)58(65,73-74(17,18)56(11,12)13)38-47(61)45(20-2)33-39(6)32-40(7)34-48(67-14)52-49(68-15)36-42(9)59(66,71-52)53(62)54(63)60-31-26-25-27-46(60)55(64)70-51/h19,33,35,40,42-46,48-52,65-66H,1,20-32,34,36-38H2,2-18H3. The van der Waals surface area contributed by atoms with Gasteiger partial charge in [-0.25, -0.2) is 4.79 Å². The number of nitrogens with zero attached hydrogens (tertiary/aromatic N) is 1. The van der Waals surface area contributed by atoms with Crippen LogP contribution in [0.4, 0.5) is 0 Å². The summed E-state index contributed by atoms with van der Waals surface area (Å²) in [4.78, 5) is 60.7. The number of esters is 1. The summed E-state index contributed by atoms with van der Waals surface area (Å²) in [5, 5.41) is 25.4. The number of piperidine rings is 1. The first-order valence-electron chi connectivity index (χ1n) is 28.7. The number of carbonyl (C=O) groups is 4. The zero-order valence-electron chi connectivity index (χ0n) is 49.6. The molecule has 430 valence electrons. The third-order valence-corrected chi connectivity index (χ3v) is 27.8. The molecule has 4 rings (SSSR count). The quantitative estimate of drug-likeness (QED) is 0.0491. The number of rotatable bonds is 16. The number of cyclic esters (lactones) is 1. The highest BCUT2D eigenvalue weighted by molar-refractivity contribution is 6.74. The van der Waals surface area contributed by atoms with Crippen LogP contribution in [0.2, 0.25) is 36.3 Å². The number of Topliss-reactive ketones (excluding diaryl/α,β-unsaturated/α-hetero) is 2. The molecule has 0 aromatic heterocycles. The number of hydrogen-bond acceptors (Lipinski definition) is 13. The van der Waals surface area contributed by atoms with Gasteiger partial charge in [-0.3, -0.25) is 14.4 Å². The van der Waals surface area contributed by atoms with Crippen molar-refractivity contribution in [1.82, 2.24) is 4.90 Å². The van der Waals surface area contributed by atoms with Crippen LogP contribution in [0.1, 0.15) is 167 Å². The molecule has 1 amide bonds. The van der Waals surface area contributed by atoms with Crippen molar-refractivity contribution in [3.8, 4) is 0 Å². The molecule has 14 nitrogen and oxygen atoms in total. The smallest absolute Gasteiger partial charge is 0.329 e. The van der Waals surface area contributed by atoms with Crippen LogP contribution in [0.15, 0.2) is 36.0 Å². The number of methoxy groups -OCH3 is 3. The van der Waals surface area contributed by atoms with E-state index in [9.17, 15) is 24.6 Å². The van der Waals surface area contributed by atoms with Crippen molar-refractivity contribution in [3.05, 3.63) is 36.0 Å². The van der Waals surface area contributed by atoms with E-state index < -0.39 is 99.7 Å². The third kappa shape index (κ3) is 15.1. The van der Waals surface area contributed by atoms with Crippen LogP contribution in [0.5, 0.6) is 0 Å². The molecule has 2 saturated heterocycles. The van der Waals surface area contributed by atoms with Gasteiger partial charge in [-0.15, -0.1) is 6.58 Å². The topological polar surface area (TPSA) is 177 Å². The monoisotopic (exact) mass is 1090 g/mol. The summed E-state index contributed by atoms with van der Waals surface area (Å²) in [6, 6.07) is 1.82. The lowest BCUT2D eigenvalue weighted by atomic mass is 9.73. The highest BCUT2D eigenvalue weighted by Crippen LogP contribution is 2.47. The van der Waals surface area contributed by atoms with Crippen molar-refractivity contribution in [2.45, 2.75) is 257 Å². The Morgan fingerprint density at radius 2 is 1.53 bits per heavy atom. The van der Waals surface area contributed by atoms with E-state index in [1.165, 1.54) is 4.90 Å². The van der Waals surface area contributed by atoms with Gasteiger partial charge in [-0.05, 0) is 145 Å². The second-order valence-corrected chi connectivity index (χ2v) is 34.2. The summed E-state index contributed by atoms with van der Waals surface area (Å²) in [7, 11) is -0.120. The fourth-order valence-electron chi connectivity index (χ4n) is 12.4. The first-order valence-corrected chi connectivity index (χ1v) is 34.1. The van der Waals surface area contributed by atoms with Crippen molar-refractivity contribution in [2.24, 2.45) is 29.6 Å². The minimum Gasteiger partial charge on any atom is -0.456 e. The molecule has 0 radical (unpaired) electrons. The number of amides is 1. The molecule has 3 aliphatic heterocycles. The Balaban J connectivity index is 1.94. The maximum Gasteiger partial charge on any atom is 0.329 e. The minimum atomic E-state index is -2.88. The van der Waals surface area contributed by atoms with E-state index >= 15 is 4.79 Å². The third-order valence-electron chi connectivity index (χ3n) is 18.6. The molecule has 0 aromatic carbocycles. The molecule has 16 heteroatoms. The van der Waals surface area contributed by atoms with Crippen molar-refractivity contribution < 1.29 is 61.9 Å². The predicted molar refractivity (Wildman–Crippen MR) is 300 cm³/mol. The summed E-state index contributed by atoms with van der Waals surface area (Å²) >= 11 is 0. The second kappa shape index (κ2) is 27.2. The van der Waals surface area contributed by atoms with Gasteiger partial charge in [0.05, 0.1) is 36.3 Å². The van der Waals surface area contributed by atoms with Crippen LogP contribution in [-0.2, 0) is 51.7 Å². The summed E-state index contributed by atoms with van der Waals surface area (Å²) in [5.74, 6) is -10.3. The molecule has 1 aliphatic carbocycles. The van der Waals surface area contributed by atoms with E-state index in [0.29, 0.717) is 44.1 Å². The van der Waals surface area contributed by atoms with Crippen molar-refractivity contribution in [1.29, 1.82) is 0 Å². The zero-order valence-corrected chi connectivity index (χ0v) is 51.6. The summed E-state index contributed by atoms with van der Waals surface area (Å²) in [6.45, 7) is 32.5. The van der Waals surface area contributed by atoms with E-state index in [0.717, 1.165) is 49.4 Å². The number of fused-ring (bicyclic) bond motifs is 3. The Morgan fingerprint density at radius 1 is 0.907 bits per heavy atom. The lowest BCUT2D eigenvalue weighted by Gasteiger charge is -2.50. The van der Waals surface area contributed by atoms with Crippen molar-refractivity contribution >= 4 is 40.1 Å². The lowest BCUT2D eigenvalue weighted by molar-refractivity contribution is -0.302. The Bertz CT molecular complexity index is 1990. The van der Waals surface area contributed by atoms with Crippen molar-refractivity contribution in [3.63, 3.8) is 0 Å². The maximum absolute atomic E-state index is 15.2. The largest absolute Gasteiger partial charge is 0.456 e. The van der Waals surface area contributed by atoms with Gasteiger partial charge in [0, 0.05) is 39.7 Å². The highest BCUT2D eigenvalue weighted by atomic mass is 28.4. The van der Waals surface area contributed by atoms with E-state index in [2.05, 4.69) is 61.1 Å². The van der Waals surface area contributed by atoms with Gasteiger partial charge in [0.15, 0.2) is 22.4 Å². The molecule has 0 aromatic rings. The molecule has 1 saturated carbocycles. The molecule has 4 aliphatic rings. The Labute approximate surface area is 455 Å². The number of ketones is 2. The lowest BCUT2D eigenvalue weighted by Crippen LogP contribution is -2.64. The van der Waals surface area contributed by atoms with Gasteiger partial charge in [0.2, 0.25) is 5.79 Å². The van der Waals surface area contributed by atoms with Gasteiger partial charge in [0.25, 0.3) is 11.7 Å². The Kier molecular flexibility index (Phi) is 23.6. The second-order valence-electron chi connectivity index (χ2n) is 24.8. The highest BCUT2D eigenvalue weighted by Gasteiger charge is 2.58. The molecule has 2 bridgehead atoms. The van der Waals surface area contributed by atoms with Crippen LogP contribution >= 0.6 is 0 Å². The van der Waals surface area contributed by atoms with Gasteiger partial charge < -0.3 is 47.6 Å². The Morgan fingerprint density at radius 3 is 2.09 bits per heavy atom. The van der Waals surface area contributed by atoms with Crippen LogP contribution in [0, 0.1) is 29.6 Å². The number of ether oxygens (including phenoxy) is 5. The van der Waals surface area contributed by atoms with E-state index in [-0.39, 0.29) is 54.6 Å². The number of aliphatic hydroxyl groups is 2. The van der Waals surface area contributed by atoms with Crippen LogP contribution in [-0.4, -0.2) is 137 Å². The molecule has 14 atom stereocenters. The fourth-order valence-corrected chi connectivity index (χ4v) is 17.0. The van der Waals surface area contributed by atoms with Crippen LogP contribution in [0.25, 0.3) is 0 Å². The van der Waals surface area contributed by atoms with Gasteiger partial charge >= 0.3 is 5.97 Å². The van der Waals surface area contributed by atoms with Gasteiger partial charge in [0.1, 0.15) is 24.0 Å². The van der Waals surface area contributed by atoms with Gasteiger partial charge in [-0.2, -0.15) is 0 Å². The molecular weight excluding hydrogens is 987 g/mol. The molecule has 3 heterocycles. The van der Waals surface area contributed by atoms with E-state index in [1.54, 1.807) is 35.2 Å². The Hall–Kier alpha value is -2.39. The molecular formula is C59H103NO13Si2. The molecule has 14 unspecified atom stereocenters. The maximum atomic E-state index is 15.2. The van der Waals surface area contributed by atoms with Crippen LogP contribution in [0.3, 0.4) is 0 Å². The van der Waals surface area contributed by atoms with E-state index in [4.69, 9.17) is 32.5 Å². The SMILES string of the molecule is C=CCCC1(O[Si](CC)(CC)CC)CCC(C=C(C)C2OC(=O)C3CCCCN3C(=O)C(=O)C3(O)OC(C(OC)CC(C)CC(C)=CC(CC)C(=O)CC(O)(O[Si](C)(C)C(C)(C)C)C2C)C(OC)CC3C)CC1OC. The predicted octanol–water partition coefficient (Wildman–Crippen LogP) is 11.2. The van der Waals surface area contributed by atoms with Crippen LogP contribution < -0.4 is 0 Å². The number of hydrogen-bond donors (Lipinski definition) is 2. The zero-order chi connectivity index (χ0) is 56.5. The fraction of sp³-hybridized carbons (Fsp3) is 0.831. The van der Waals surface area contributed by atoms with Gasteiger partial charge in [-0.1, -0.05) is 93.0 Å². The summed E-state index contributed by atoms with van der Waals surface area (Å²) < 4.78 is 45.9. The number of carbonyl (C=O) groups excluding carboxylic acids is 4. The van der Waals surface area contributed by atoms with Crippen molar-refractivity contribution in [2.75, 3.05) is 27.9 Å².